The van der Waals surface area contributed by atoms with Gasteiger partial charge in [0.15, 0.2) is 0 Å². The number of nitrogens with one attached hydrogen (secondary N) is 1. The minimum atomic E-state index is -3.62. The van der Waals surface area contributed by atoms with Crippen LogP contribution in [0.5, 0.6) is 0 Å². The van der Waals surface area contributed by atoms with E-state index in [1.165, 1.54) is 6.07 Å². The van der Waals surface area contributed by atoms with Crippen molar-refractivity contribution in [1.29, 1.82) is 5.26 Å². The zero-order chi connectivity index (χ0) is 15.5. The predicted octanol–water partition coefficient (Wildman–Crippen LogP) is 3.56. The molecule has 4 nitrogen and oxygen atoms in total. The van der Waals surface area contributed by atoms with Gasteiger partial charge in [0.25, 0.3) is 0 Å². The molecule has 0 heterocycles. The van der Waals surface area contributed by atoms with Crippen LogP contribution in [0.25, 0.3) is 0 Å². The van der Waals surface area contributed by atoms with Gasteiger partial charge >= 0.3 is 0 Å². The number of nitriles is 1. The van der Waals surface area contributed by atoms with Crippen molar-refractivity contribution < 1.29 is 8.42 Å². The molecule has 0 fully saturated rings. The van der Waals surface area contributed by atoms with Crippen LogP contribution in [0.2, 0.25) is 0 Å². The van der Waals surface area contributed by atoms with Gasteiger partial charge in [-0.3, -0.25) is 0 Å². The molecule has 1 N–H and O–H groups in total. The Balaban J connectivity index is 2.17. The van der Waals surface area contributed by atoms with Gasteiger partial charge in [-0.25, -0.2) is 13.1 Å². The van der Waals surface area contributed by atoms with Gasteiger partial charge in [-0.1, -0.05) is 28.1 Å². The Morgan fingerprint density at radius 1 is 1.10 bits per heavy atom. The average molecular weight is 430 g/mol. The van der Waals surface area contributed by atoms with Crippen molar-refractivity contribution in [2.75, 3.05) is 0 Å². The van der Waals surface area contributed by atoms with Crippen LogP contribution in [0.3, 0.4) is 0 Å². The fourth-order valence-electron chi connectivity index (χ4n) is 1.64. The standard InChI is InChI=1S/C14H10Br2N2O2S/c15-12-5-6-13(16)14(7-12)21(19,20)18-9-11-3-1-10(8-17)2-4-11/h1-7,18H,9H2. The zero-order valence-corrected chi connectivity index (χ0v) is 14.7. The van der Waals surface area contributed by atoms with Crippen LogP contribution in [0.1, 0.15) is 11.1 Å². The van der Waals surface area contributed by atoms with Gasteiger partial charge in [0, 0.05) is 15.5 Å². The quantitative estimate of drug-likeness (QED) is 0.807. The van der Waals surface area contributed by atoms with Crippen LogP contribution in [-0.4, -0.2) is 8.42 Å². The summed E-state index contributed by atoms with van der Waals surface area (Å²) in [7, 11) is -3.62. The molecule has 0 unspecified atom stereocenters. The molecule has 2 aromatic rings. The third-order valence-corrected chi connectivity index (χ3v) is 5.62. The summed E-state index contributed by atoms with van der Waals surface area (Å²) in [5.41, 5.74) is 1.32. The lowest BCUT2D eigenvalue weighted by Gasteiger charge is -2.09. The third-order valence-electron chi connectivity index (χ3n) is 2.73. The van der Waals surface area contributed by atoms with Crippen LogP contribution >= 0.6 is 31.9 Å². The molecule has 0 aliphatic rings. The Hall–Kier alpha value is -1.20. The predicted molar refractivity (Wildman–Crippen MR) is 87.0 cm³/mol. The molecule has 0 saturated carbocycles. The highest BCUT2D eigenvalue weighted by atomic mass is 79.9. The molecule has 0 saturated heterocycles. The summed E-state index contributed by atoms with van der Waals surface area (Å²) in [5.74, 6) is 0. The number of hydrogen-bond donors (Lipinski definition) is 1. The molecule has 2 aromatic carbocycles. The zero-order valence-electron chi connectivity index (χ0n) is 10.7. The fraction of sp³-hybridized carbons (Fsp3) is 0.0714. The summed E-state index contributed by atoms with van der Waals surface area (Å²) in [5, 5.41) is 8.72. The van der Waals surface area contributed by atoms with Crippen LogP contribution in [0.4, 0.5) is 0 Å². The second-order valence-corrected chi connectivity index (χ2v) is 7.71. The van der Waals surface area contributed by atoms with Gasteiger partial charge in [0.05, 0.1) is 16.5 Å². The van der Waals surface area contributed by atoms with Gasteiger partial charge in [-0.05, 0) is 51.8 Å². The molecule has 0 aromatic heterocycles. The van der Waals surface area contributed by atoms with E-state index in [0.29, 0.717) is 14.5 Å². The highest BCUT2D eigenvalue weighted by Gasteiger charge is 2.17. The van der Waals surface area contributed by atoms with E-state index in [1.54, 1.807) is 36.4 Å². The molecule has 0 amide bonds. The van der Waals surface area contributed by atoms with Gasteiger partial charge in [-0.15, -0.1) is 0 Å². The lowest BCUT2D eigenvalue weighted by atomic mass is 10.1. The first-order valence-electron chi connectivity index (χ1n) is 5.86. The van der Waals surface area contributed by atoms with E-state index in [9.17, 15) is 8.42 Å². The van der Waals surface area contributed by atoms with Crippen LogP contribution < -0.4 is 4.72 Å². The van der Waals surface area contributed by atoms with E-state index in [4.69, 9.17) is 5.26 Å². The molecule has 0 aliphatic carbocycles. The molecular weight excluding hydrogens is 420 g/mol. The Labute approximate surface area is 140 Å². The fourth-order valence-corrected chi connectivity index (χ4v) is 4.15. The van der Waals surface area contributed by atoms with Gasteiger partial charge in [-0.2, -0.15) is 5.26 Å². The normalized spacial score (nSPS) is 11.1. The number of hydrogen-bond acceptors (Lipinski definition) is 3. The monoisotopic (exact) mass is 428 g/mol. The highest BCUT2D eigenvalue weighted by Crippen LogP contribution is 2.25. The van der Waals surface area contributed by atoms with Crippen molar-refractivity contribution in [2.24, 2.45) is 0 Å². The first-order valence-corrected chi connectivity index (χ1v) is 8.93. The van der Waals surface area contributed by atoms with E-state index < -0.39 is 10.0 Å². The Kier molecular flexibility index (Phi) is 5.17. The molecule has 0 spiro atoms. The van der Waals surface area contributed by atoms with Crippen LogP contribution in [-0.2, 0) is 16.6 Å². The molecule has 0 aliphatic heterocycles. The van der Waals surface area contributed by atoms with Gasteiger partial charge in [0.2, 0.25) is 10.0 Å². The number of benzene rings is 2. The molecule has 0 bridgehead atoms. The maximum Gasteiger partial charge on any atom is 0.242 e. The molecular formula is C14H10Br2N2O2S. The van der Waals surface area contributed by atoms with Crippen molar-refractivity contribution in [3.63, 3.8) is 0 Å². The molecule has 0 radical (unpaired) electrons. The van der Waals surface area contributed by atoms with E-state index in [-0.39, 0.29) is 11.4 Å². The second-order valence-electron chi connectivity index (χ2n) is 4.21. The summed E-state index contributed by atoms with van der Waals surface area (Å²) in [6.45, 7) is 0.160. The van der Waals surface area contributed by atoms with E-state index in [2.05, 4.69) is 36.6 Å². The van der Waals surface area contributed by atoms with Crippen molar-refractivity contribution in [2.45, 2.75) is 11.4 Å². The Bertz CT molecular complexity index is 797. The molecule has 7 heteroatoms. The van der Waals surface area contributed by atoms with Crippen molar-refractivity contribution in [3.8, 4) is 6.07 Å². The summed E-state index contributed by atoms with van der Waals surface area (Å²) in [4.78, 5) is 0.172. The largest absolute Gasteiger partial charge is 0.242 e. The lowest BCUT2D eigenvalue weighted by Crippen LogP contribution is -2.23. The molecule has 0 atom stereocenters. The maximum atomic E-state index is 12.3. The van der Waals surface area contributed by atoms with Gasteiger partial charge in [0.1, 0.15) is 0 Å². The summed E-state index contributed by atoms with van der Waals surface area (Å²) < 4.78 is 28.3. The maximum absolute atomic E-state index is 12.3. The number of nitrogens with zero attached hydrogens (tertiary/aromatic N) is 1. The number of sulfonamides is 1. The summed E-state index contributed by atoms with van der Waals surface area (Å²) >= 11 is 6.49. The minimum absolute atomic E-state index is 0.160. The average Bonchev–Trinajstić information content (AvgIpc) is 2.48. The summed E-state index contributed by atoms with van der Waals surface area (Å²) in [6.07, 6.45) is 0. The molecule has 2 rings (SSSR count). The van der Waals surface area contributed by atoms with Gasteiger partial charge < -0.3 is 0 Å². The van der Waals surface area contributed by atoms with Crippen molar-refractivity contribution >= 4 is 41.9 Å². The first kappa shape index (κ1) is 16.2. The SMILES string of the molecule is N#Cc1ccc(CNS(=O)(=O)c2cc(Br)ccc2Br)cc1. The van der Waals surface area contributed by atoms with Crippen LogP contribution in [0.15, 0.2) is 56.3 Å². The lowest BCUT2D eigenvalue weighted by molar-refractivity contribution is 0.581. The number of halogens is 2. The smallest absolute Gasteiger partial charge is 0.207 e. The Morgan fingerprint density at radius 3 is 2.38 bits per heavy atom. The van der Waals surface area contributed by atoms with E-state index in [0.717, 1.165) is 5.56 Å². The first-order chi connectivity index (χ1) is 9.92. The molecule has 108 valence electrons. The molecule has 21 heavy (non-hydrogen) atoms. The third kappa shape index (κ3) is 4.14. The topological polar surface area (TPSA) is 70.0 Å². The highest BCUT2D eigenvalue weighted by molar-refractivity contribution is 9.11. The number of rotatable bonds is 4. The van der Waals surface area contributed by atoms with Crippen LogP contribution in [0, 0.1) is 11.3 Å². The van der Waals surface area contributed by atoms with Crippen molar-refractivity contribution in [3.05, 3.63) is 62.5 Å². The summed E-state index contributed by atoms with van der Waals surface area (Å²) in [6, 6.07) is 13.7. The Morgan fingerprint density at radius 2 is 1.76 bits per heavy atom. The second kappa shape index (κ2) is 6.71. The minimum Gasteiger partial charge on any atom is -0.207 e. The van der Waals surface area contributed by atoms with E-state index in [1.807, 2.05) is 6.07 Å². The van der Waals surface area contributed by atoms with E-state index >= 15 is 0 Å². The van der Waals surface area contributed by atoms with Crippen molar-refractivity contribution in [1.82, 2.24) is 4.72 Å².